The lowest BCUT2D eigenvalue weighted by Gasteiger charge is -2.32. The first-order valence-corrected chi connectivity index (χ1v) is 10.6. The normalized spacial score (nSPS) is 22.2. The maximum Gasteiger partial charge on any atom is 0.505 e. The number of nitrogens with zero attached hydrogens (tertiary/aromatic N) is 1. The molecule has 0 saturated carbocycles. The number of carbonyl (C=O) groups excluding carboxylic acids is 2. The Balaban J connectivity index is 1.78. The molecule has 0 aromatic carbocycles. The third-order valence-corrected chi connectivity index (χ3v) is 6.82. The molecule has 1 aromatic rings. The highest BCUT2D eigenvalue weighted by Gasteiger charge is 2.52. The van der Waals surface area contributed by atoms with Crippen molar-refractivity contribution < 1.29 is 23.6 Å². The van der Waals surface area contributed by atoms with E-state index in [0.29, 0.717) is 18.5 Å². The Morgan fingerprint density at radius 2 is 1.82 bits per heavy atom. The molecule has 8 heteroatoms. The van der Waals surface area contributed by atoms with Crippen LogP contribution in [0.25, 0.3) is 0 Å². The van der Waals surface area contributed by atoms with E-state index in [2.05, 4.69) is 0 Å². The van der Waals surface area contributed by atoms with Gasteiger partial charge in [0.2, 0.25) is 0 Å². The predicted molar refractivity (Wildman–Crippen MR) is 110 cm³/mol. The lowest BCUT2D eigenvalue weighted by molar-refractivity contribution is -0.159. The van der Waals surface area contributed by atoms with E-state index in [9.17, 15) is 9.59 Å². The number of fused-ring (bicyclic) bond motifs is 1. The summed E-state index contributed by atoms with van der Waals surface area (Å²) in [6.07, 6.45) is 0.707. The maximum absolute atomic E-state index is 13.1. The SMILES string of the molecule is CC(C(=O)OC(C)(C)C)N1CCc2sc(B3OC(C)(C)C(C)(C)O3)cc2C1=O. The largest absolute Gasteiger partial charge is 0.505 e. The molecule has 1 aromatic heterocycles. The van der Waals surface area contributed by atoms with Crippen molar-refractivity contribution >= 4 is 35.1 Å². The van der Waals surface area contributed by atoms with Crippen molar-refractivity contribution in [2.75, 3.05) is 6.54 Å². The lowest BCUT2D eigenvalue weighted by Crippen LogP contribution is -2.48. The minimum Gasteiger partial charge on any atom is -0.458 e. The second kappa shape index (κ2) is 6.85. The Labute approximate surface area is 171 Å². The molecule has 0 spiro atoms. The zero-order valence-corrected chi connectivity index (χ0v) is 18.9. The molecule has 2 aliphatic rings. The molecular weight excluding hydrogens is 377 g/mol. The third-order valence-electron chi connectivity index (χ3n) is 5.60. The number of carbonyl (C=O) groups is 2. The number of thiophene rings is 1. The Kier molecular flexibility index (Phi) is 5.22. The Bertz CT molecular complexity index is 779. The fraction of sp³-hybridized carbons (Fsp3) is 0.700. The molecule has 3 heterocycles. The van der Waals surface area contributed by atoms with Gasteiger partial charge in [-0.05, 0) is 61.5 Å². The zero-order valence-electron chi connectivity index (χ0n) is 18.0. The minimum absolute atomic E-state index is 0.140. The van der Waals surface area contributed by atoms with Crippen LogP contribution in [-0.4, -0.2) is 53.3 Å². The third kappa shape index (κ3) is 3.87. The summed E-state index contributed by atoms with van der Waals surface area (Å²) in [5.41, 5.74) is -0.800. The van der Waals surface area contributed by atoms with Crippen molar-refractivity contribution in [3.8, 4) is 0 Å². The molecule has 1 amide bonds. The molecule has 6 nitrogen and oxygen atoms in total. The number of hydrogen-bond acceptors (Lipinski definition) is 6. The van der Waals surface area contributed by atoms with E-state index in [0.717, 1.165) is 9.65 Å². The van der Waals surface area contributed by atoms with Gasteiger partial charge in [-0.1, -0.05) is 0 Å². The van der Waals surface area contributed by atoms with E-state index in [1.54, 1.807) is 23.2 Å². The molecule has 0 bridgehead atoms. The summed E-state index contributed by atoms with van der Waals surface area (Å²) in [4.78, 5) is 28.1. The second-order valence-corrected chi connectivity index (χ2v) is 10.7. The van der Waals surface area contributed by atoms with E-state index in [-0.39, 0.29) is 11.9 Å². The van der Waals surface area contributed by atoms with Crippen molar-refractivity contribution in [3.05, 3.63) is 16.5 Å². The average Bonchev–Trinajstić information content (AvgIpc) is 3.05. The standard InChI is InChI=1S/C20H30BNO5S/c1-12(17(24)25-18(2,3)4)22-10-9-14-13(16(22)23)11-15(28-14)21-26-19(5,6)20(7,8)27-21/h11-12H,9-10H2,1-8H3. The van der Waals surface area contributed by atoms with Gasteiger partial charge in [0.05, 0.1) is 16.8 Å². The Morgan fingerprint density at radius 3 is 2.36 bits per heavy atom. The summed E-state index contributed by atoms with van der Waals surface area (Å²) in [5.74, 6) is -0.524. The van der Waals surface area contributed by atoms with Crippen LogP contribution in [0.5, 0.6) is 0 Å². The number of hydrogen-bond donors (Lipinski definition) is 0. The lowest BCUT2D eigenvalue weighted by atomic mass is 9.87. The molecule has 1 atom stereocenters. The van der Waals surface area contributed by atoms with Crippen molar-refractivity contribution in [2.45, 2.75) is 84.7 Å². The van der Waals surface area contributed by atoms with Crippen molar-refractivity contribution in [1.29, 1.82) is 0 Å². The fourth-order valence-electron chi connectivity index (χ4n) is 3.25. The molecule has 154 valence electrons. The quantitative estimate of drug-likeness (QED) is 0.570. The highest BCUT2D eigenvalue weighted by molar-refractivity contribution is 7.22. The van der Waals surface area contributed by atoms with E-state index in [1.807, 2.05) is 54.5 Å². The van der Waals surface area contributed by atoms with Crippen LogP contribution >= 0.6 is 11.3 Å². The van der Waals surface area contributed by atoms with Gasteiger partial charge in [-0.2, -0.15) is 0 Å². The Hall–Kier alpha value is -1.38. The first-order valence-electron chi connectivity index (χ1n) is 9.74. The molecule has 1 fully saturated rings. The van der Waals surface area contributed by atoms with Crippen LogP contribution in [0, 0.1) is 0 Å². The van der Waals surface area contributed by atoms with Crippen molar-refractivity contribution in [3.63, 3.8) is 0 Å². The van der Waals surface area contributed by atoms with Crippen LogP contribution in [0.2, 0.25) is 0 Å². The van der Waals surface area contributed by atoms with Gasteiger partial charge in [0.15, 0.2) is 0 Å². The van der Waals surface area contributed by atoms with Gasteiger partial charge in [-0.3, -0.25) is 4.79 Å². The molecule has 0 radical (unpaired) electrons. The van der Waals surface area contributed by atoms with Gasteiger partial charge < -0.3 is 18.9 Å². The Morgan fingerprint density at radius 1 is 1.25 bits per heavy atom. The van der Waals surface area contributed by atoms with E-state index in [1.165, 1.54) is 0 Å². The van der Waals surface area contributed by atoms with Gasteiger partial charge >= 0.3 is 13.1 Å². The average molecular weight is 407 g/mol. The molecule has 1 unspecified atom stereocenters. The van der Waals surface area contributed by atoms with Gasteiger partial charge in [0.1, 0.15) is 11.6 Å². The van der Waals surface area contributed by atoms with Gasteiger partial charge in [-0.15, -0.1) is 11.3 Å². The fourth-order valence-corrected chi connectivity index (χ4v) is 4.36. The molecule has 2 aliphatic heterocycles. The van der Waals surface area contributed by atoms with Gasteiger partial charge in [0.25, 0.3) is 5.91 Å². The van der Waals surface area contributed by atoms with Crippen molar-refractivity contribution in [1.82, 2.24) is 4.90 Å². The smallest absolute Gasteiger partial charge is 0.458 e. The molecular formula is C20H30BNO5S. The number of amides is 1. The van der Waals surface area contributed by atoms with Crippen LogP contribution < -0.4 is 4.78 Å². The summed E-state index contributed by atoms with van der Waals surface area (Å²) >= 11 is 1.56. The topological polar surface area (TPSA) is 65.1 Å². The minimum atomic E-state index is -0.625. The van der Waals surface area contributed by atoms with Crippen LogP contribution in [0.4, 0.5) is 0 Å². The van der Waals surface area contributed by atoms with E-state index in [4.69, 9.17) is 14.0 Å². The molecule has 0 aliphatic carbocycles. The van der Waals surface area contributed by atoms with Crippen LogP contribution in [-0.2, 0) is 25.3 Å². The highest BCUT2D eigenvalue weighted by atomic mass is 32.1. The zero-order chi connectivity index (χ0) is 21.1. The molecule has 1 saturated heterocycles. The number of esters is 1. The monoisotopic (exact) mass is 407 g/mol. The second-order valence-electron chi connectivity index (χ2n) is 9.53. The molecule has 0 N–H and O–H groups in total. The maximum atomic E-state index is 13.1. The molecule has 3 rings (SSSR count). The summed E-state index contributed by atoms with van der Waals surface area (Å²) in [5, 5.41) is 0. The first-order chi connectivity index (χ1) is 12.7. The van der Waals surface area contributed by atoms with Crippen LogP contribution in [0.1, 0.15) is 70.6 Å². The summed E-state index contributed by atoms with van der Waals surface area (Å²) in [6.45, 7) is 15.7. The summed E-state index contributed by atoms with van der Waals surface area (Å²) in [6, 6.07) is 1.23. The predicted octanol–water partition coefficient (Wildman–Crippen LogP) is 2.78. The van der Waals surface area contributed by atoms with Gasteiger partial charge in [0, 0.05) is 22.6 Å². The van der Waals surface area contributed by atoms with E-state index < -0.39 is 30.0 Å². The first kappa shape index (κ1) is 21.3. The van der Waals surface area contributed by atoms with Gasteiger partial charge in [-0.25, -0.2) is 4.79 Å². The summed E-state index contributed by atoms with van der Waals surface area (Å²) in [7, 11) is -0.481. The number of ether oxygens (including phenoxy) is 1. The summed E-state index contributed by atoms with van der Waals surface area (Å²) < 4.78 is 18.6. The van der Waals surface area contributed by atoms with Crippen molar-refractivity contribution in [2.24, 2.45) is 0 Å². The number of rotatable bonds is 3. The van der Waals surface area contributed by atoms with Crippen LogP contribution in [0.3, 0.4) is 0 Å². The highest BCUT2D eigenvalue weighted by Crippen LogP contribution is 2.37. The van der Waals surface area contributed by atoms with E-state index >= 15 is 0 Å². The molecule has 28 heavy (non-hydrogen) atoms. The van der Waals surface area contributed by atoms with Crippen LogP contribution in [0.15, 0.2) is 6.07 Å².